The first kappa shape index (κ1) is 12.4. The predicted molar refractivity (Wildman–Crippen MR) is 72.1 cm³/mol. The van der Waals surface area contributed by atoms with E-state index in [-0.39, 0.29) is 0 Å². The summed E-state index contributed by atoms with van der Waals surface area (Å²) in [5, 5.41) is 3.05. The van der Waals surface area contributed by atoms with Crippen molar-refractivity contribution in [1.82, 2.24) is 9.88 Å². The number of likely N-dealkylation sites (tertiary alicyclic amines) is 1. The van der Waals surface area contributed by atoms with Gasteiger partial charge in [-0.3, -0.25) is 4.90 Å². The number of nitrogens with one attached hydrogen (secondary N) is 1. The van der Waals surface area contributed by atoms with Crippen molar-refractivity contribution >= 4 is 5.82 Å². The zero-order valence-corrected chi connectivity index (χ0v) is 10.8. The lowest BCUT2D eigenvalue weighted by Gasteiger charge is -2.24. The molecule has 0 spiro atoms. The Morgan fingerprint density at radius 2 is 1.82 bits per heavy atom. The van der Waals surface area contributed by atoms with E-state index >= 15 is 0 Å². The summed E-state index contributed by atoms with van der Waals surface area (Å²) in [7, 11) is 1.90. The fourth-order valence-corrected chi connectivity index (χ4v) is 2.40. The molecular weight excluding hydrogens is 210 g/mol. The van der Waals surface area contributed by atoms with Gasteiger partial charge in [-0.2, -0.15) is 0 Å². The summed E-state index contributed by atoms with van der Waals surface area (Å²) in [5.74, 6) is 0.946. The van der Waals surface area contributed by atoms with Crippen molar-refractivity contribution in [2.24, 2.45) is 0 Å². The normalized spacial score (nSPS) is 18.4. The molecule has 0 saturated carbocycles. The van der Waals surface area contributed by atoms with Crippen LogP contribution in [0, 0.1) is 0 Å². The van der Waals surface area contributed by atoms with Crippen molar-refractivity contribution < 1.29 is 0 Å². The molecule has 3 nitrogen and oxygen atoms in total. The molecular formula is C14H23N3. The van der Waals surface area contributed by atoms with Crippen LogP contribution in [0.2, 0.25) is 0 Å². The van der Waals surface area contributed by atoms with Gasteiger partial charge < -0.3 is 5.32 Å². The third-order valence-electron chi connectivity index (χ3n) is 3.44. The van der Waals surface area contributed by atoms with Crippen LogP contribution < -0.4 is 5.32 Å². The van der Waals surface area contributed by atoms with Gasteiger partial charge in [0.1, 0.15) is 5.82 Å². The Labute approximate surface area is 104 Å². The quantitative estimate of drug-likeness (QED) is 0.870. The lowest BCUT2D eigenvalue weighted by molar-refractivity contribution is 0.239. The molecule has 1 aromatic rings. The van der Waals surface area contributed by atoms with Crippen LogP contribution in [-0.4, -0.2) is 30.0 Å². The molecule has 1 N–H and O–H groups in total. The van der Waals surface area contributed by atoms with Gasteiger partial charge in [0.05, 0.1) is 0 Å². The molecule has 1 fully saturated rings. The van der Waals surface area contributed by atoms with Gasteiger partial charge in [-0.25, -0.2) is 4.98 Å². The van der Waals surface area contributed by atoms with Crippen LogP contribution in [0.3, 0.4) is 0 Å². The minimum Gasteiger partial charge on any atom is -0.373 e. The summed E-state index contributed by atoms with van der Waals surface area (Å²) >= 11 is 0. The van der Waals surface area contributed by atoms with Crippen LogP contribution in [0.1, 0.15) is 37.7 Å². The van der Waals surface area contributed by atoms with E-state index in [1.54, 1.807) is 0 Å². The molecule has 0 unspecified atom stereocenters. The molecule has 1 saturated heterocycles. The van der Waals surface area contributed by atoms with E-state index in [0.29, 0.717) is 0 Å². The van der Waals surface area contributed by atoms with Crippen LogP contribution in [0.15, 0.2) is 18.3 Å². The second kappa shape index (κ2) is 6.60. The van der Waals surface area contributed by atoms with Gasteiger partial charge >= 0.3 is 0 Å². The maximum absolute atomic E-state index is 4.37. The molecule has 94 valence electrons. The summed E-state index contributed by atoms with van der Waals surface area (Å²) < 4.78 is 0. The molecule has 0 amide bonds. The highest BCUT2D eigenvalue weighted by atomic mass is 15.1. The van der Waals surface area contributed by atoms with E-state index in [9.17, 15) is 0 Å². The Morgan fingerprint density at radius 3 is 2.41 bits per heavy atom. The van der Waals surface area contributed by atoms with E-state index < -0.39 is 0 Å². The summed E-state index contributed by atoms with van der Waals surface area (Å²) in [6.07, 6.45) is 8.90. The fourth-order valence-electron chi connectivity index (χ4n) is 2.40. The number of pyridine rings is 1. The van der Waals surface area contributed by atoms with Crippen molar-refractivity contribution in [3.63, 3.8) is 0 Å². The largest absolute Gasteiger partial charge is 0.373 e. The second-order valence-corrected chi connectivity index (χ2v) is 4.85. The highest BCUT2D eigenvalue weighted by molar-refractivity contribution is 5.34. The molecule has 1 aliphatic rings. The highest BCUT2D eigenvalue weighted by Crippen LogP contribution is 2.13. The lowest BCUT2D eigenvalue weighted by atomic mass is 10.1. The first-order chi connectivity index (χ1) is 8.38. The van der Waals surface area contributed by atoms with Crippen molar-refractivity contribution in [3.05, 3.63) is 23.9 Å². The Morgan fingerprint density at radius 1 is 1.12 bits per heavy atom. The molecule has 2 heterocycles. The zero-order valence-electron chi connectivity index (χ0n) is 10.8. The minimum absolute atomic E-state index is 0.946. The van der Waals surface area contributed by atoms with Gasteiger partial charge in [0, 0.05) is 19.8 Å². The highest BCUT2D eigenvalue weighted by Gasteiger charge is 2.08. The number of nitrogens with zero attached hydrogens (tertiary/aromatic N) is 2. The van der Waals surface area contributed by atoms with Crippen LogP contribution in [0.25, 0.3) is 0 Å². The average molecular weight is 233 g/mol. The van der Waals surface area contributed by atoms with Gasteiger partial charge in [0.15, 0.2) is 0 Å². The standard InChI is InChI=1S/C14H23N3/c1-15-14-8-7-13(11-16-14)12-17-9-5-3-2-4-6-10-17/h7-8,11H,2-6,9-10,12H2,1H3,(H,15,16). The molecule has 2 rings (SSSR count). The first-order valence-corrected chi connectivity index (χ1v) is 6.73. The summed E-state index contributed by atoms with van der Waals surface area (Å²) in [6, 6.07) is 4.23. The van der Waals surface area contributed by atoms with Gasteiger partial charge in [-0.1, -0.05) is 25.3 Å². The van der Waals surface area contributed by atoms with Gasteiger partial charge in [-0.15, -0.1) is 0 Å². The van der Waals surface area contributed by atoms with Gasteiger partial charge in [-0.05, 0) is 37.6 Å². The van der Waals surface area contributed by atoms with Crippen LogP contribution in [0.5, 0.6) is 0 Å². The lowest BCUT2D eigenvalue weighted by Crippen LogP contribution is -2.26. The molecule has 1 aromatic heterocycles. The van der Waals surface area contributed by atoms with Crippen molar-refractivity contribution in [2.75, 3.05) is 25.5 Å². The van der Waals surface area contributed by atoms with Crippen LogP contribution in [-0.2, 0) is 6.54 Å². The zero-order chi connectivity index (χ0) is 11.9. The average Bonchev–Trinajstić information content (AvgIpc) is 2.33. The number of aromatic nitrogens is 1. The first-order valence-electron chi connectivity index (χ1n) is 6.73. The summed E-state index contributed by atoms with van der Waals surface area (Å²) in [5.41, 5.74) is 1.32. The molecule has 0 radical (unpaired) electrons. The monoisotopic (exact) mass is 233 g/mol. The summed E-state index contributed by atoms with van der Waals surface area (Å²) in [6.45, 7) is 3.54. The molecule has 3 heteroatoms. The van der Waals surface area contributed by atoms with Crippen molar-refractivity contribution in [3.8, 4) is 0 Å². The number of anilines is 1. The number of rotatable bonds is 3. The molecule has 0 atom stereocenters. The smallest absolute Gasteiger partial charge is 0.125 e. The van der Waals surface area contributed by atoms with E-state index in [1.165, 1.54) is 50.8 Å². The predicted octanol–water partition coefficient (Wildman–Crippen LogP) is 2.89. The third kappa shape index (κ3) is 4.00. The Bertz CT molecular complexity index is 313. The van der Waals surface area contributed by atoms with Gasteiger partial charge in [0.2, 0.25) is 0 Å². The molecule has 17 heavy (non-hydrogen) atoms. The van der Waals surface area contributed by atoms with E-state index in [2.05, 4.69) is 27.3 Å². The SMILES string of the molecule is CNc1ccc(CN2CCCCCCC2)cn1. The topological polar surface area (TPSA) is 28.2 Å². The van der Waals surface area contributed by atoms with E-state index in [1.807, 2.05) is 13.2 Å². The van der Waals surface area contributed by atoms with Crippen LogP contribution in [0.4, 0.5) is 5.82 Å². The summed E-state index contributed by atoms with van der Waals surface area (Å²) in [4.78, 5) is 6.93. The maximum atomic E-state index is 4.37. The maximum Gasteiger partial charge on any atom is 0.125 e. The number of hydrogen-bond donors (Lipinski definition) is 1. The molecule has 0 aliphatic carbocycles. The van der Waals surface area contributed by atoms with Gasteiger partial charge in [0.25, 0.3) is 0 Å². The molecule has 0 bridgehead atoms. The van der Waals surface area contributed by atoms with Crippen LogP contribution >= 0.6 is 0 Å². The molecule has 1 aliphatic heterocycles. The Kier molecular flexibility index (Phi) is 4.80. The third-order valence-corrected chi connectivity index (χ3v) is 3.44. The van der Waals surface area contributed by atoms with E-state index in [4.69, 9.17) is 0 Å². The second-order valence-electron chi connectivity index (χ2n) is 4.85. The van der Waals surface area contributed by atoms with Crippen molar-refractivity contribution in [1.29, 1.82) is 0 Å². The Balaban J connectivity index is 1.88. The van der Waals surface area contributed by atoms with Crippen molar-refractivity contribution in [2.45, 2.75) is 38.6 Å². The Hall–Kier alpha value is -1.09. The fraction of sp³-hybridized carbons (Fsp3) is 0.643. The number of hydrogen-bond acceptors (Lipinski definition) is 3. The molecule has 0 aromatic carbocycles. The van der Waals surface area contributed by atoms with E-state index in [0.717, 1.165) is 12.4 Å². The minimum atomic E-state index is 0.946.